The van der Waals surface area contributed by atoms with Crippen LogP contribution in [0.3, 0.4) is 0 Å². The molecule has 0 spiro atoms. The zero-order valence-corrected chi connectivity index (χ0v) is 17.8. The lowest BCUT2D eigenvalue weighted by Gasteiger charge is -2.42. The number of anilines is 1. The van der Waals surface area contributed by atoms with Gasteiger partial charge in [-0.3, -0.25) is 4.79 Å². The van der Waals surface area contributed by atoms with Crippen molar-refractivity contribution in [2.24, 2.45) is 5.41 Å². The van der Waals surface area contributed by atoms with Crippen LogP contribution < -0.4 is 9.64 Å². The Balaban J connectivity index is 1.71. The average molecular weight is 403 g/mol. The lowest BCUT2D eigenvalue weighted by Crippen LogP contribution is -2.56. The van der Waals surface area contributed by atoms with E-state index in [1.807, 2.05) is 56.9 Å². The summed E-state index contributed by atoms with van der Waals surface area (Å²) >= 11 is 6.07. The SMILES string of the molecule is Cc1cc(Oc2cc(N3CCN(C(=O)C(C)(C)C)C(C)C3)ncn2)ccc1Cl. The number of ether oxygens (including phenoxy) is 1. The molecule has 28 heavy (non-hydrogen) atoms. The van der Waals surface area contributed by atoms with Crippen LogP contribution in [0.25, 0.3) is 0 Å². The summed E-state index contributed by atoms with van der Waals surface area (Å²) in [5, 5.41) is 0.701. The van der Waals surface area contributed by atoms with E-state index in [0.717, 1.165) is 24.5 Å². The van der Waals surface area contributed by atoms with Crippen LogP contribution in [0.5, 0.6) is 11.6 Å². The van der Waals surface area contributed by atoms with E-state index in [1.165, 1.54) is 6.33 Å². The lowest BCUT2D eigenvalue weighted by molar-refractivity contribution is -0.142. The van der Waals surface area contributed by atoms with Crippen molar-refractivity contribution in [3.05, 3.63) is 41.2 Å². The van der Waals surface area contributed by atoms with Crippen LogP contribution in [0.15, 0.2) is 30.6 Å². The molecule has 0 N–H and O–H groups in total. The van der Waals surface area contributed by atoms with Gasteiger partial charge in [0.2, 0.25) is 11.8 Å². The number of hydrogen-bond acceptors (Lipinski definition) is 5. The van der Waals surface area contributed by atoms with Gasteiger partial charge in [0.05, 0.1) is 0 Å². The zero-order chi connectivity index (χ0) is 20.5. The molecule has 0 radical (unpaired) electrons. The van der Waals surface area contributed by atoms with Crippen molar-refractivity contribution < 1.29 is 9.53 Å². The van der Waals surface area contributed by atoms with Crippen molar-refractivity contribution in [1.82, 2.24) is 14.9 Å². The maximum atomic E-state index is 12.6. The first-order valence-corrected chi connectivity index (χ1v) is 9.85. The van der Waals surface area contributed by atoms with Gasteiger partial charge in [-0.25, -0.2) is 9.97 Å². The zero-order valence-electron chi connectivity index (χ0n) is 17.1. The molecular formula is C21H27ClN4O2. The molecule has 3 rings (SSSR count). The first-order valence-electron chi connectivity index (χ1n) is 9.47. The minimum Gasteiger partial charge on any atom is -0.439 e. The van der Waals surface area contributed by atoms with Gasteiger partial charge >= 0.3 is 0 Å². The molecule has 6 nitrogen and oxygen atoms in total. The molecule has 7 heteroatoms. The number of aromatic nitrogens is 2. The summed E-state index contributed by atoms with van der Waals surface area (Å²) in [6, 6.07) is 7.44. The van der Waals surface area contributed by atoms with Crippen LogP contribution >= 0.6 is 11.6 Å². The Morgan fingerprint density at radius 3 is 2.61 bits per heavy atom. The van der Waals surface area contributed by atoms with Gasteiger partial charge in [-0.2, -0.15) is 0 Å². The predicted octanol–water partition coefficient (Wildman–Crippen LogP) is 4.31. The summed E-state index contributed by atoms with van der Waals surface area (Å²) in [5.74, 6) is 2.14. The van der Waals surface area contributed by atoms with Crippen LogP contribution in [0.4, 0.5) is 5.82 Å². The van der Waals surface area contributed by atoms with Crippen molar-refractivity contribution in [2.75, 3.05) is 24.5 Å². The topological polar surface area (TPSA) is 58.6 Å². The van der Waals surface area contributed by atoms with E-state index in [1.54, 1.807) is 0 Å². The number of benzene rings is 1. The first kappa shape index (κ1) is 20.4. The summed E-state index contributed by atoms with van der Waals surface area (Å²) in [6.45, 7) is 12.0. The van der Waals surface area contributed by atoms with Crippen LogP contribution in [0, 0.1) is 12.3 Å². The normalized spacial score (nSPS) is 17.6. The van der Waals surface area contributed by atoms with E-state index >= 15 is 0 Å². The molecule has 1 atom stereocenters. The van der Waals surface area contributed by atoms with E-state index in [4.69, 9.17) is 16.3 Å². The molecule has 1 amide bonds. The molecule has 1 aromatic heterocycles. The lowest BCUT2D eigenvalue weighted by atomic mass is 9.93. The Labute approximate surface area is 171 Å². The number of piperazine rings is 1. The molecule has 1 aliphatic heterocycles. The van der Waals surface area contributed by atoms with Gasteiger partial charge in [0.1, 0.15) is 17.9 Å². The molecular weight excluding hydrogens is 376 g/mol. The van der Waals surface area contributed by atoms with Crippen molar-refractivity contribution in [3.63, 3.8) is 0 Å². The Kier molecular flexibility index (Phi) is 5.79. The number of halogens is 1. The number of aryl methyl sites for hydroxylation is 1. The van der Waals surface area contributed by atoms with Crippen LogP contribution in [0.1, 0.15) is 33.3 Å². The molecule has 2 heterocycles. The van der Waals surface area contributed by atoms with E-state index in [9.17, 15) is 4.79 Å². The maximum absolute atomic E-state index is 12.6. The second-order valence-corrected chi connectivity index (χ2v) is 8.68. The Morgan fingerprint density at radius 2 is 1.96 bits per heavy atom. The molecule has 1 fully saturated rings. The largest absolute Gasteiger partial charge is 0.439 e. The third kappa shape index (κ3) is 4.55. The van der Waals surface area contributed by atoms with Crippen molar-refractivity contribution in [1.29, 1.82) is 0 Å². The second kappa shape index (κ2) is 7.95. The molecule has 0 aliphatic carbocycles. The molecule has 1 saturated heterocycles. The van der Waals surface area contributed by atoms with Gasteiger partial charge in [0.25, 0.3) is 0 Å². The minimum absolute atomic E-state index is 0.110. The third-order valence-electron chi connectivity index (χ3n) is 4.83. The summed E-state index contributed by atoms with van der Waals surface area (Å²) in [5.41, 5.74) is 0.574. The fourth-order valence-electron chi connectivity index (χ4n) is 3.26. The highest BCUT2D eigenvalue weighted by Crippen LogP contribution is 2.28. The highest BCUT2D eigenvalue weighted by Gasteiger charge is 2.34. The number of rotatable bonds is 3. The Bertz CT molecular complexity index is 866. The number of carbonyl (C=O) groups excluding carboxylic acids is 1. The fourth-order valence-corrected chi connectivity index (χ4v) is 3.38. The summed E-state index contributed by atoms with van der Waals surface area (Å²) in [7, 11) is 0. The van der Waals surface area contributed by atoms with Crippen molar-refractivity contribution in [3.8, 4) is 11.6 Å². The molecule has 1 aliphatic rings. The second-order valence-electron chi connectivity index (χ2n) is 8.27. The van der Waals surface area contributed by atoms with Gasteiger partial charge in [0, 0.05) is 42.2 Å². The van der Waals surface area contributed by atoms with Gasteiger partial charge in [-0.1, -0.05) is 32.4 Å². The van der Waals surface area contributed by atoms with Gasteiger partial charge < -0.3 is 14.5 Å². The smallest absolute Gasteiger partial charge is 0.228 e. The van der Waals surface area contributed by atoms with E-state index in [0.29, 0.717) is 23.2 Å². The van der Waals surface area contributed by atoms with Crippen molar-refractivity contribution in [2.45, 2.75) is 40.7 Å². The number of amides is 1. The number of hydrogen-bond donors (Lipinski definition) is 0. The van der Waals surface area contributed by atoms with E-state index in [-0.39, 0.29) is 17.4 Å². The van der Waals surface area contributed by atoms with Crippen LogP contribution in [-0.4, -0.2) is 46.5 Å². The molecule has 2 aromatic rings. The van der Waals surface area contributed by atoms with Gasteiger partial charge in [-0.15, -0.1) is 0 Å². The van der Waals surface area contributed by atoms with Crippen LogP contribution in [-0.2, 0) is 4.79 Å². The standard InChI is InChI=1S/C21H27ClN4O2/c1-14-10-16(6-7-17(14)22)28-19-11-18(23-13-24-19)25-8-9-26(15(2)12-25)20(27)21(3,4)5/h6-7,10-11,13,15H,8-9,12H2,1-5H3. The summed E-state index contributed by atoms with van der Waals surface area (Å²) in [4.78, 5) is 25.4. The fraction of sp³-hybridized carbons (Fsp3) is 0.476. The first-order chi connectivity index (χ1) is 13.1. The predicted molar refractivity (Wildman–Crippen MR) is 111 cm³/mol. The highest BCUT2D eigenvalue weighted by molar-refractivity contribution is 6.31. The monoisotopic (exact) mass is 402 g/mol. The summed E-state index contributed by atoms with van der Waals surface area (Å²) < 4.78 is 5.88. The summed E-state index contributed by atoms with van der Waals surface area (Å²) in [6.07, 6.45) is 1.50. The molecule has 150 valence electrons. The minimum atomic E-state index is -0.372. The number of nitrogens with zero attached hydrogens (tertiary/aromatic N) is 4. The molecule has 0 saturated carbocycles. The van der Waals surface area contributed by atoms with E-state index < -0.39 is 0 Å². The van der Waals surface area contributed by atoms with Gasteiger partial charge in [-0.05, 0) is 37.6 Å². The van der Waals surface area contributed by atoms with E-state index in [2.05, 4.69) is 21.8 Å². The van der Waals surface area contributed by atoms with Gasteiger partial charge in [0.15, 0.2) is 0 Å². The molecule has 0 bridgehead atoms. The third-order valence-corrected chi connectivity index (χ3v) is 5.26. The highest BCUT2D eigenvalue weighted by atomic mass is 35.5. The Morgan fingerprint density at radius 1 is 1.21 bits per heavy atom. The molecule has 1 aromatic carbocycles. The number of carbonyl (C=O) groups is 1. The van der Waals surface area contributed by atoms with Crippen molar-refractivity contribution >= 4 is 23.3 Å². The maximum Gasteiger partial charge on any atom is 0.228 e. The quantitative estimate of drug-likeness (QED) is 0.765. The molecule has 1 unspecified atom stereocenters. The van der Waals surface area contributed by atoms with Crippen LogP contribution in [0.2, 0.25) is 5.02 Å². The Hall–Kier alpha value is -2.34. The average Bonchev–Trinajstić information content (AvgIpc) is 2.63.